The van der Waals surface area contributed by atoms with Crippen molar-refractivity contribution in [3.63, 3.8) is 0 Å². The third kappa shape index (κ3) is 2.79. The van der Waals surface area contributed by atoms with Crippen LogP contribution in [-0.4, -0.2) is 27.0 Å². The molecule has 0 radical (unpaired) electrons. The Morgan fingerprint density at radius 1 is 1.53 bits per heavy atom. The summed E-state index contributed by atoms with van der Waals surface area (Å²) in [5.41, 5.74) is 1.41. The van der Waals surface area contributed by atoms with E-state index in [1.165, 1.54) is 19.2 Å². The van der Waals surface area contributed by atoms with Gasteiger partial charge < -0.3 is 10.1 Å². The zero-order chi connectivity index (χ0) is 13.8. The molecule has 0 aliphatic heterocycles. The quantitative estimate of drug-likeness (QED) is 0.646. The third-order valence-electron chi connectivity index (χ3n) is 2.66. The monoisotopic (exact) mass is 263 g/mol. The molecule has 0 aliphatic carbocycles. The number of benzene rings is 1. The number of hydrogen-bond acceptors (Lipinski definition) is 6. The molecule has 0 amide bonds. The standard InChI is InChI=1S/C11H13N5O3/c1-15-9(7-13-14-15)6-12-10-5-8(16(17)18)3-4-11(10)19-2/h3-5,7,12H,6H2,1-2H3. The van der Waals surface area contributed by atoms with Gasteiger partial charge in [0, 0.05) is 19.2 Å². The average Bonchev–Trinajstić information content (AvgIpc) is 2.81. The predicted octanol–water partition coefficient (Wildman–Crippen LogP) is 1.34. The highest BCUT2D eigenvalue weighted by atomic mass is 16.6. The van der Waals surface area contributed by atoms with Gasteiger partial charge in [-0.15, -0.1) is 5.10 Å². The Balaban J connectivity index is 2.20. The summed E-state index contributed by atoms with van der Waals surface area (Å²) in [7, 11) is 3.28. The number of hydrogen-bond donors (Lipinski definition) is 1. The number of nitrogens with zero attached hydrogens (tertiary/aromatic N) is 4. The maximum atomic E-state index is 10.8. The molecule has 0 aliphatic rings. The summed E-state index contributed by atoms with van der Waals surface area (Å²) < 4.78 is 6.78. The van der Waals surface area contributed by atoms with E-state index in [2.05, 4.69) is 15.6 Å². The molecular formula is C11H13N5O3. The lowest BCUT2D eigenvalue weighted by atomic mass is 10.2. The molecule has 0 saturated carbocycles. The van der Waals surface area contributed by atoms with Gasteiger partial charge in [-0.2, -0.15) is 0 Å². The summed E-state index contributed by atoms with van der Waals surface area (Å²) in [6.07, 6.45) is 1.62. The highest BCUT2D eigenvalue weighted by Crippen LogP contribution is 2.29. The fourth-order valence-electron chi connectivity index (χ4n) is 1.60. The number of rotatable bonds is 5. The van der Waals surface area contributed by atoms with Gasteiger partial charge in [-0.05, 0) is 6.07 Å². The van der Waals surface area contributed by atoms with E-state index in [-0.39, 0.29) is 5.69 Å². The Labute approximate surface area is 109 Å². The highest BCUT2D eigenvalue weighted by Gasteiger charge is 2.11. The van der Waals surface area contributed by atoms with Crippen LogP contribution >= 0.6 is 0 Å². The number of nitrogens with one attached hydrogen (secondary N) is 1. The lowest BCUT2D eigenvalue weighted by Gasteiger charge is -2.10. The Morgan fingerprint density at radius 3 is 2.89 bits per heavy atom. The second-order valence-corrected chi connectivity index (χ2v) is 3.84. The molecule has 100 valence electrons. The minimum Gasteiger partial charge on any atom is -0.495 e. The van der Waals surface area contributed by atoms with Crippen molar-refractivity contribution in [1.82, 2.24) is 15.0 Å². The second-order valence-electron chi connectivity index (χ2n) is 3.84. The van der Waals surface area contributed by atoms with Crippen molar-refractivity contribution in [3.8, 4) is 5.75 Å². The summed E-state index contributed by atoms with van der Waals surface area (Å²) in [6.45, 7) is 0.445. The minimum atomic E-state index is -0.448. The van der Waals surface area contributed by atoms with Gasteiger partial charge in [0.15, 0.2) is 0 Å². The number of nitro benzene ring substituents is 1. The normalized spacial score (nSPS) is 10.2. The minimum absolute atomic E-state index is 0.00595. The van der Waals surface area contributed by atoms with E-state index in [0.717, 1.165) is 5.69 Å². The summed E-state index contributed by atoms with van der Waals surface area (Å²) in [5, 5.41) is 21.4. The van der Waals surface area contributed by atoms with Gasteiger partial charge in [-0.3, -0.25) is 14.8 Å². The van der Waals surface area contributed by atoms with Gasteiger partial charge in [-0.25, -0.2) is 0 Å². The number of methoxy groups -OCH3 is 1. The number of ether oxygens (including phenoxy) is 1. The van der Waals surface area contributed by atoms with Crippen molar-refractivity contribution in [1.29, 1.82) is 0 Å². The first-order chi connectivity index (χ1) is 9.11. The molecular weight excluding hydrogens is 250 g/mol. The van der Waals surface area contributed by atoms with E-state index in [4.69, 9.17) is 4.74 Å². The van der Waals surface area contributed by atoms with Gasteiger partial charge in [0.05, 0.1) is 36.2 Å². The molecule has 1 heterocycles. The van der Waals surface area contributed by atoms with Crippen molar-refractivity contribution in [2.45, 2.75) is 6.54 Å². The zero-order valence-corrected chi connectivity index (χ0v) is 10.5. The summed E-state index contributed by atoms with van der Waals surface area (Å²) in [6, 6.07) is 4.39. The summed E-state index contributed by atoms with van der Waals surface area (Å²) in [4.78, 5) is 10.3. The van der Waals surface area contributed by atoms with Crippen molar-refractivity contribution < 1.29 is 9.66 Å². The molecule has 8 heteroatoms. The molecule has 0 bridgehead atoms. The molecule has 0 saturated heterocycles. The van der Waals surface area contributed by atoms with Crippen LogP contribution in [0.2, 0.25) is 0 Å². The lowest BCUT2D eigenvalue weighted by Crippen LogP contribution is -2.06. The molecule has 1 N–H and O–H groups in total. The smallest absolute Gasteiger partial charge is 0.271 e. The van der Waals surface area contributed by atoms with E-state index in [9.17, 15) is 10.1 Å². The van der Waals surface area contributed by atoms with Gasteiger partial charge in [0.25, 0.3) is 5.69 Å². The van der Waals surface area contributed by atoms with Gasteiger partial charge in [0.2, 0.25) is 0 Å². The fraction of sp³-hybridized carbons (Fsp3) is 0.273. The van der Waals surface area contributed by atoms with Gasteiger partial charge in [0.1, 0.15) is 5.75 Å². The predicted molar refractivity (Wildman–Crippen MR) is 68.0 cm³/mol. The Bertz CT molecular complexity index is 596. The third-order valence-corrected chi connectivity index (χ3v) is 2.66. The van der Waals surface area contributed by atoms with E-state index < -0.39 is 4.92 Å². The molecule has 1 aromatic carbocycles. The van der Waals surface area contributed by atoms with Gasteiger partial charge in [-0.1, -0.05) is 5.21 Å². The van der Waals surface area contributed by atoms with Crippen LogP contribution < -0.4 is 10.1 Å². The van der Waals surface area contributed by atoms with Crippen LogP contribution in [0.15, 0.2) is 24.4 Å². The van der Waals surface area contributed by atoms with Crippen LogP contribution in [0, 0.1) is 10.1 Å². The zero-order valence-electron chi connectivity index (χ0n) is 10.5. The molecule has 0 atom stereocenters. The number of aryl methyl sites for hydroxylation is 1. The Kier molecular flexibility index (Phi) is 3.60. The van der Waals surface area contributed by atoms with Crippen molar-refractivity contribution >= 4 is 11.4 Å². The fourth-order valence-corrected chi connectivity index (χ4v) is 1.60. The Morgan fingerprint density at radius 2 is 2.32 bits per heavy atom. The van der Waals surface area contributed by atoms with Crippen molar-refractivity contribution in [3.05, 3.63) is 40.2 Å². The van der Waals surface area contributed by atoms with Crippen molar-refractivity contribution in [2.75, 3.05) is 12.4 Å². The number of nitro groups is 1. The van der Waals surface area contributed by atoms with Crippen LogP contribution in [-0.2, 0) is 13.6 Å². The van der Waals surface area contributed by atoms with Crippen LogP contribution in [0.5, 0.6) is 5.75 Å². The van der Waals surface area contributed by atoms with Crippen molar-refractivity contribution in [2.24, 2.45) is 7.05 Å². The van der Waals surface area contributed by atoms with E-state index in [1.54, 1.807) is 24.0 Å². The lowest BCUT2D eigenvalue weighted by molar-refractivity contribution is -0.384. The van der Waals surface area contributed by atoms with Crippen LogP contribution in [0.1, 0.15) is 5.69 Å². The first kappa shape index (κ1) is 12.8. The molecule has 2 aromatic rings. The van der Waals surface area contributed by atoms with E-state index in [0.29, 0.717) is 18.0 Å². The highest BCUT2D eigenvalue weighted by molar-refractivity contribution is 5.61. The number of aromatic nitrogens is 3. The molecule has 1 aromatic heterocycles. The summed E-state index contributed by atoms with van der Waals surface area (Å²) >= 11 is 0. The molecule has 2 rings (SSSR count). The Hall–Kier alpha value is -2.64. The molecule has 19 heavy (non-hydrogen) atoms. The topological polar surface area (TPSA) is 95.1 Å². The molecule has 0 unspecified atom stereocenters. The first-order valence-electron chi connectivity index (χ1n) is 5.51. The van der Waals surface area contributed by atoms with Crippen LogP contribution in [0.25, 0.3) is 0 Å². The maximum Gasteiger partial charge on any atom is 0.271 e. The summed E-state index contributed by atoms with van der Waals surface area (Å²) in [5.74, 6) is 0.542. The molecule has 8 nitrogen and oxygen atoms in total. The van der Waals surface area contributed by atoms with E-state index >= 15 is 0 Å². The average molecular weight is 263 g/mol. The van der Waals surface area contributed by atoms with Crippen LogP contribution in [0.4, 0.5) is 11.4 Å². The SMILES string of the molecule is COc1ccc([N+](=O)[O-])cc1NCc1cnnn1C. The van der Waals surface area contributed by atoms with Gasteiger partial charge >= 0.3 is 0 Å². The maximum absolute atomic E-state index is 10.8. The van der Waals surface area contributed by atoms with E-state index in [1.807, 2.05) is 0 Å². The number of non-ortho nitro benzene ring substituents is 1. The first-order valence-corrected chi connectivity index (χ1v) is 5.51. The van der Waals surface area contributed by atoms with Crippen LogP contribution in [0.3, 0.4) is 0 Å². The second kappa shape index (κ2) is 5.34. The largest absolute Gasteiger partial charge is 0.495 e. The molecule has 0 spiro atoms. The molecule has 0 fully saturated rings. The number of anilines is 1.